The Hall–Kier alpha value is -2.09. The van der Waals surface area contributed by atoms with Gasteiger partial charge in [-0.2, -0.15) is 0 Å². The van der Waals surface area contributed by atoms with E-state index in [2.05, 4.69) is 17.9 Å². The second-order valence-electron chi connectivity index (χ2n) is 6.44. The number of Topliss-reactive ketones (excluding diaryl/α,β-unsaturated/α-hetero) is 1. The summed E-state index contributed by atoms with van der Waals surface area (Å²) in [4.78, 5) is 17.2. The Kier molecular flexibility index (Phi) is 4.37. The van der Waals surface area contributed by atoms with E-state index in [9.17, 15) is 9.90 Å². The van der Waals surface area contributed by atoms with E-state index >= 15 is 0 Å². The molecule has 0 aliphatic heterocycles. The molecule has 2 aromatic rings. The largest absolute Gasteiger partial charge is 0.508 e. The molecular formula is C21H18O2S2. The number of fused-ring (bicyclic) bond motifs is 1. The lowest BCUT2D eigenvalue weighted by Crippen LogP contribution is -2.21. The summed E-state index contributed by atoms with van der Waals surface area (Å²) in [5.74, 6) is 7.12. The number of carbonyl (C=O) groups is 1. The first-order chi connectivity index (χ1) is 12.2. The molecule has 0 saturated heterocycles. The number of hydrogen-bond acceptors (Lipinski definition) is 4. The summed E-state index contributed by atoms with van der Waals surface area (Å²) in [5.41, 5.74) is 0. The van der Waals surface area contributed by atoms with Crippen molar-refractivity contribution in [3.63, 3.8) is 0 Å². The van der Waals surface area contributed by atoms with Crippen molar-refractivity contribution in [1.29, 1.82) is 0 Å². The van der Waals surface area contributed by atoms with E-state index in [0.29, 0.717) is 11.7 Å². The van der Waals surface area contributed by atoms with Crippen LogP contribution in [0.3, 0.4) is 0 Å². The molecule has 126 valence electrons. The van der Waals surface area contributed by atoms with Crippen LogP contribution in [-0.2, 0) is 0 Å². The SMILES string of the molecule is CC#Cc1ccc(-c2ccc(C(=O)[C@H]3CC[C@H]4C=C(O)C=C[C@H]43)s2)s1. The maximum absolute atomic E-state index is 13.0. The molecule has 0 amide bonds. The van der Waals surface area contributed by atoms with Gasteiger partial charge in [0.05, 0.1) is 9.75 Å². The van der Waals surface area contributed by atoms with Crippen LogP contribution < -0.4 is 0 Å². The number of thiophene rings is 2. The van der Waals surface area contributed by atoms with Crippen LogP contribution in [-0.4, -0.2) is 10.9 Å². The molecule has 2 aliphatic rings. The normalized spacial score (nSPS) is 24.4. The van der Waals surface area contributed by atoms with Gasteiger partial charge in [-0.05, 0) is 68.0 Å². The zero-order valence-corrected chi connectivity index (χ0v) is 15.5. The minimum Gasteiger partial charge on any atom is -0.508 e. The van der Waals surface area contributed by atoms with Gasteiger partial charge in [-0.1, -0.05) is 12.0 Å². The zero-order valence-electron chi connectivity index (χ0n) is 13.9. The molecule has 2 nitrogen and oxygen atoms in total. The lowest BCUT2D eigenvalue weighted by atomic mass is 9.83. The van der Waals surface area contributed by atoms with Gasteiger partial charge < -0.3 is 5.11 Å². The van der Waals surface area contributed by atoms with Crippen molar-refractivity contribution in [1.82, 2.24) is 0 Å². The Labute approximate surface area is 155 Å². The number of allylic oxidation sites excluding steroid dienone is 3. The Morgan fingerprint density at radius 3 is 2.80 bits per heavy atom. The molecule has 2 aliphatic carbocycles. The van der Waals surface area contributed by atoms with Crippen LogP contribution in [0.4, 0.5) is 0 Å². The molecule has 0 spiro atoms. The molecule has 0 unspecified atom stereocenters. The van der Waals surface area contributed by atoms with Gasteiger partial charge in [0.25, 0.3) is 0 Å². The average Bonchev–Trinajstić information content (AvgIpc) is 3.33. The number of hydrogen-bond donors (Lipinski definition) is 1. The third kappa shape index (κ3) is 3.10. The van der Waals surface area contributed by atoms with Crippen molar-refractivity contribution in [2.24, 2.45) is 17.8 Å². The average molecular weight is 367 g/mol. The quantitative estimate of drug-likeness (QED) is 0.560. The van der Waals surface area contributed by atoms with Gasteiger partial charge in [0.1, 0.15) is 5.76 Å². The van der Waals surface area contributed by atoms with Crippen LogP contribution in [0.1, 0.15) is 34.3 Å². The number of aliphatic hydroxyl groups is 1. The summed E-state index contributed by atoms with van der Waals surface area (Å²) < 4.78 is 0. The van der Waals surface area contributed by atoms with E-state index in [1.807, 2.05) is 37.3 Å². The van der Waals surface area contributed by atoms with Crippen molar-refractivity contribution < 1.29 is 9.90 Å². The van der Waals surface area contributed by atoms with Crippen molar-refractivity contribution in [2.45, 2.75) is 19.8 Å². The van der Waals surface area contributed by atoms with Crippen LogP contribution in [0.25, 0.3) is 9.75 Å². The van der Waals surface area contributed by atoms with Crippen molar-refractivity contribution in [2.75, 3.05) is 0 Å². The minimum absolute atomic E-state index is 0.0296. The maximum Gasteiger partial charge on any atom is 0.176 e. The second kappa shape index (κ2) is 6.67. The smallest absolute Gasteiger partial charge is 0.176 e. The van der Waals surface area contributed by atoms with Gasteiger partial charge in [-0.25, -0.2) is 0 Å². The summed E-state index contributed by atoms with van der Waals surface area (Å²) >= 11 is 3.24. The zero-order chi connectivity index (χ0) is 17.4. The highest BCUT2D eigenvalue weighted by Crippen LogP contribution is 2.44. The third-order valence-corrected chi connectivity index (χ3v) is 7.22. The Morgan fingerprint density at radius 1 is 1.16 bits per heavy atom. The summed E-state index contributed by atoms with van der Waals surface area (Å²) in [6, 6.07) is 8.11. The summed E-state index contributed by atoms with van der Waals surface area (Å²) in [5, 5.41) is 9.65. The number of carbonyl (C=O) groups excluding carboxylic acids is 1. The van der Waals surface area contributed by atoms with Crippen LogP contribution in [0.2, 0.25) is 0 Å². The van der Waals surface area contributed by atoms with Crippen molar-refractivity contribution >= 4 is 28.5 Å². The number of ketones is 1. The third-order valence-electron chi connectivity index (χ3n) is 4.93. The van der Waals surface area contributed by atoms with E-state index in [1.54, 1.807) is 28.7 Å². The highest BCUT2D eigenvalue weighted by atomic mass is 32.1. The molecule has 4 rings (SSSR count). The second-order valence-corrected chi connectivity index (χ2v) is 8.61. The molecule has 1 saturated carbocycles. The summed E-state index contributed by atoms with van der Waals surface area (Å²) in [6.07, 6.45) is 7.51. The number of aliphatic hydroxyl groups excluding tert-OH is 1. The fourth-order valence-corrected chi connectivity index (χ4v) is 5.77. The van der Waals surface area contributed by atoms with E-state index < -0.39 is 0 Å². The van der Waals surface area contributed by atoms with Crippen LogP contribution in [0.15, 0.2) is 48.3 Å². The van der Waals surface area contributed by atoms with E-state index in [4.69, 9.17) is 0 Å². The summed E-state index contributed by atoms with van der Waals surface area (Å²) in [6.45, 7) is 1.84. The standard InChI is InChI=1S/C21H18O2S2/c1-2-3-15-6-9-18(24-15)19-10-11-20(25-19)21(23)17-7-4-13-12-14(22)5-8-16(13)17/h5-6,8-13,16-17,22H,4,7H2,1H3/t13-,16+,17-/m0/s1. The topological polar surface area (TPSA) is 37.3 Å². The van der Waals surface area contributed by atoms with Crippen LogP contribution in [0, 0.1) is 29.6 Å². The molecule has 0 aromatic carbocycles. The Balaban J connectivity index is 1.54. The van der Waals surface area contributed by atoms with Crippen molar-refractivity contribution in [3.05, 3.63) is 58.0 Å². The molecule has 2 aromatic heterocycles. The fourth-order valence-electron chi connectivity index (χ4n) is 3.76. The maximum atomic E-state index is 13.0. The number of rotatable bonds is 3. The van der Waals surface area contributed by atoms with Gasteiger partial charge in [0, 0.05) is 15.7 Å². The molecule has 1 N–H and O–H groups in total. The fraction of sp³-hybridized carbons (Fsp3) is 0.286. The predicted molar refractivity (Wildman–Crippen MR) is 104 cm³/mol. The molecule has 3 atom stereocenters. The first-order valence-electron chi connectivity index (χ1n) is 8.41. The molecule has 0 radical (unpaired) electrons. The molecule has 25 heavy (non-hydrogen) atoms. The Morgan fingerprint density at radius 2 is 1.96 bits per heavy atom. The monoisotopic (exact) mass is 366 g/mol. The highest BCUT2D eigenvalue weighted by Gasteiger charge is 2.39. The van der Waals surface area contributed by atoms with Gasteiger partial charge in [0.2, 0.25) is 0 Å². The molecular weight excluding hydrogens is 348 g/mol. The van der Waals surface area contributed by atoms with Gasteiger partial charge in [0.15, 0.2) is 5.78 Å². The van der Waals surface area contributed by atoms with E-state index in [0.717, 1.165) is 32.4 Å². The highest BCUT2D eigenvalue weighted by molar-refractivity contribution is 7.23. The lowest BCUT2D eigenvalue weighted by molar-refractivity contribution is 0.0904. The van der Waals surface area contributed by atoms with Crippen LogP contribution in [0.5, 0.6) is 0 Å². The minimum atomic E-state index is 0.0296. The van der Waals surface area contributed by atoms with Crippen LogP contribution >= 0.6 is 22.7 Å². The predicted octanol–water partition coefficient (Wildman–Crippen LogP) is 5.68. The molecule has 2 heterocycles. The lowest BCUT2D eigenvalue weighted by Gasteiger charge is -2.21. The molecule has 0 bridgehead atoms. The van der Waals surface area contributed by atoms with E-state index in [1.165, 1.54) is 0 Å². The molecule has 1 fully saturated rings. The summed E-state index contributed by atoms with van der Waals surface area (Å²) in [7, 11) is 0. The molecule has 4 heteroatoms. The van der Waals surface area contributed by atoms with Gasteiger partial charge in [-0.15, -0.1) is 28.6 Å². The van der Waals surface area contributed by atoms with Crippen molar-refractivity contribution in [3.8, 4) is 21.6 Å². The first-order valence-corrected chi connectivity index (χ1v) is 10.0. The first kappa shape index (κ1) is 16.4. The Bertz CT molecular complexity index is 932. The van der Waals surface area contributed by atoms with E-state index in [-0.39, 0.29) is 17.6 Å². The van der Waals surface area contributed by atoms with Gasteiger partial charge in [-0.3, -0.25) is 4.79 Å². The van der Waals surface area contributed by atoms with Gasteiger partial charge >= 0.3 is 0 Å².